The zero-order chi connectivity index (χ0) is 13.5. The summed E-state index contributed by atoms with van der Waals surface area (Å²) in [5.41, 5.74) is 1.02. The molecule has 2 aromatic heterocycles. The van der Waals surface area contributed by atoms with Crippen molar-refractivity contribution in [2.75, 3.05) is 6.54 Å². The molecule has 0 radical (unpaired) electrons. The molecule has 100 valence electrons. The molecular weight excluding hydrogens is 306 g/mol. The van der Waals surface area contributed by atoms with Crippen molar-refractivity contribution in [3.8, 4) is 11.6 Å². The number of nitrogens with one attached hydrogen (secondary N) is 1. The zero-order valence-corrected chi connectivity index (χ0v) is 12.4. The molecule has 0 aromatic carbocycles. The van der Waals surface area contributed by atoms with E-state index in [2.05, 4.69) is 38.1 Å². The first-order chi connectivity index (χ1) is 9.29. The van der Waals surface area contributed by atoms with Gasteiger partial charge >= 0.3 is 0 Å². The van der Waals surface area contributed by atoms with Gasteiger partial charge < -0.3 is 10.1 Å². The molecule has 0 saturated heterocycles. The minimum atomic E-state index is 0.611. The predicted octanol–water partition coefficient (Wildman–Crippen LogP) is 3.53. The molecule has 0 aliphatic rings. The number of nitrogens with zero attached hydrogens (tertiary/aromatic N) is 2. The van der Waals surface area contributed by atoms with Crippen LogP contribution in [0.2, 0.25) is 0 Å². The van der Waals surface area contributed by atoms with Crippen LogP contribution in [0.5, 0.6) is 11.6 Å². The molecule has 0 amide bonds. The van der Waals surface area contributed by atoms with E-state index in [1.165, 1.54) is 0 Å². The molecule has 1 N–H and O–H groups in total. The maximum atomic E-state index is 5.76. The molecule has 0 bridgehead atoms. The van der Waals surface area contributed by atoms with Gasteiger partial charge in [-0.1, -0.05) is 6.92 Å². The van der Waals surface area contributed by atoms with E-state index >= 15 is 0 Å². The van der Waals surface area contributed by atoms with Crippen LogP contribution in [0, 0.1) is 0 Å². The number of hydrogen-bond acceptors (Lipinski definition) is 4. The zero-order valence-electron chi connectivity index (χ0n) is 10.8. The van der Waals surface area contributed by atoms with Crippen LogP contribution in [0.15, 0.2) is 41.3 Å². The Balaban J connectivity index is 2.14. The third-order valence-corrected chi connectivity index (χ3v) is 2.92. The summed E-state index contributed by atoms with van der Waals surface area (Å²) in [6.07, 6.45) is 6.22. The lowest BCUT2D eigenvalue weighted by Crippen LogP contribution is -2.14. The summed E-state index contributed by atoms with van der Waals surface area (Å²) in [5, 5.41) is 3.35. The highest BCUT2D eigenvalue weighted by atomic mass is 79.9. The van der Waals surface area contributed by atoms with Gasteiger partial charge in [-0.15, -0.1) is 0 Å². The van der Waals surface area contributed by atoms with E-state index in [1.54, 1.807) is 18.6 Å². The topological polar surface area (TPSA) is 47.0 Å². The maximum Gasteiger partial charge on any atom is 0.223 e. The first kappa shape index (κ1) is 14.0. The lowest BCUT2D eigenvalue weighted by atomic mass is 10.2. The quantitative estimate of drug-likeness (QED) is 0.827. The van der Waals surface area contributed by atoms with Crippen LogP contribution in [0.3, 0.4) is 0 Å². The number of pyridine rings is 2. The molecule has 0 unspecified atom stereocenters. The van der Waals surface area contributed by atoms with Crippen molar-refractivity contribution in [1.82, 2.24) is 15.3 Å². The third kappa shape index (κ3) is 4.29. The highest BCUT2D eigenvalue weighted by Crippen LogP contribution is 2.24. The summed E-state index contributed by atoms with van der Waals surface area (Å²) in [6, 6.07) is 5.71. The van der Waals surface area contributed by atoms with Gasteiger partial charge in [0.1, 0.15) is 5.75 Å². The maximum absolute atomic E-state index is 5.76. The van der Waals surface area contributed by atoms with E-state index in [1.807, 2.05) is 18.2 Å². The number of rotatable bonds is 6. The van der Waals surface area contributed by atoms with E-state index in [4.69, 9.17) is 4.74 Å². The monoisotopic (exact) mass is 321 g/mol. The summed E-state index contributed by atoms with van der Waals surface area (Å²) in [4.78, 5) is 8.34. The minimum Gasteiger partial charge on any atom is -0.437 e. The molecule has 2 aromatic rings. The molecule has 19 heavy (non-hydrogen) atoms. The average Bonchev–Trinajstić information content (AvgIpc) is 2.43. The second kappa shape index (κ2) is 7.21. The molecule has 2 heterocycles. The summed E-state index contributed by atoms with van der Waals surface area (Å²) >= 11 is 3.43. The Bertz CT molecular complexity index is 519. The summed E-state index contributed by atoms with van der Waals surface area (Å²) in [5.74, 6) is 1.30. The van der Waals surface area contributed by atoms with Crippen molar-refractivity contribution < 1.29 is 4.74 Å². The fourth-order valence-electron chi connectivity index (χ4n) is 1.61. The van der Waals surface area contributed by atoms with E-state index in [0.717, 1.165) is 29.5 Å². The largest absolute Gasteiger partial charge is 0.437 e. The van der Waals surface area contributed by atoms with E-state index in [0.29, 0.717) is 11.6 Å². The highest BCUT2D eigenvalue weighted by Gasteiger charge is 2.07. The van der Waals surface area contributed by atoms with Gasteiger partial charge in [0, 0.05) is 29.0 Å². The average molecular weight is 322 g/mol. The van der Waals surface area contributed by atoms with Gasteiger partial charge in [-0.2, -0.15) is 0 Å². The first-order valence-corrected chi connectivity index (χ1v) is 7.02. The summed E-state index contributed by atoms with van der Waals surface area (Å²) < 4.78 is 6.70. The van der Waals surface area contributed by atoms with Crippen molar-refractivity contribution in [3.05, 3.63) is 46.8 Å². The number of hydrogen-bond donors (Lipinski definition) is 1. The Labute approximate surface area is 121 Å². The molecule has 0 atom stereocenters. The minimum absolute atomic E-state index is 0.611. The molecule has 0 spiro atoms. The van der Waals surface area contributed by atoms with Crippen LogP contribution >= 0.6 is 15.9 Å². The molecule has 0 aliphatic carbocycles. The third-order valence-electron chi connectivity index (χ3n) is 2.48. The second-order valence-corrected chi connectivity index (χ2v) is 5.00. The number of ether oxygens (including phenoxy) is 1. The van der Waals surface area contributed by atoms with Crippen molar-refractivity contribution in [1.29, 1.82) is 0 Å². The van der Waals surface area contributed by atoms with Crippen molar-refractivity contribution in [2.45, 2.75) is 19.9 Å². The number of halogens is 1. The Morgan fingerprint density at radius 1 is 1.37 bits per heavy atom. The highest BCUT2D eigenvalue weighted by molar-refractivity contribution is 9.10. The van der Waals surface area contributed by atoms with Crippen molar-refractivity contribution in [3.63, 3.8) is 0 Å². The standard InChI is InChI=1S/C14H16BrN3O/c1-2-5-16-8-11-7-12(15)9-18-14(11)19-13-4-3-6-17-10-13/h3-4,6-7,9-10,16H,2,5,8H2,1H3. The number of aromatic nitrogens is 2. The van der Waals surface area contributed by atoms with E-state index in [9.17, 15) is 0 Å². The Kier molecular flexibility index (Phi) is 5.30. The Hall–Kier alpha value is -1.46. The van der Waals surface area contributed by atoms with Crippen molar-refractivity contribution >= 4 is 15.9 Å². The van der Waals surface area contributed by atoms with Crippen LogP contribution in [0.25, 0.3) is 0 Å². The Morgan fingerprint density at radius 2 is 2.26 bits per heavy atom. The fourth-order valence-corrected chi connectivity index (χ4v) is 1.98. The Morgan fingerprint density at radius 3 is 3.00 bits per heavy atom. The molecule has 0 fully saturated rings. The van der Waals surface area contributed by atoms with Crippen LogP contribution in [0.4, 0.5) is 0 Å². The predicted molar refractivity (Wildman–Crippen MR) is 78.2 cm³/mol. The lowest BCUT2D eigenvalue weighted by Gasteiger charge is -2.10. The molecule has 0 saturated carbocycles. The van der Waals surface area contributed by atoms with E-state index < -0.39 is 0 Å². The van der Waals surface area contributed by atoms with E-state index in [-0.39, 0.29) is 0 Å². The SMILES string of the molecule is CCCNCc1cc(Br)cnc1Oc1cccnc1. The van der Waals surface area contributed by atoms with Gasteiger partial charge in [0.15, 0.2) is 0 Å². The first-order valence-electron chi connectivity index (χ1n) is 6.22. The normalized spacial score (nSPS) is 10.4. The lowest BCUT2D eigenvalue weighted by molar-refractivity contribution is 0.450. The van der Waals surface area contributed by atoms with Crippen molar-refractivity contribution in [2.24, 2.45) is 0 Å². The van der Waals surface area contributed by atoms with Crippen LogP contribution in [-0.2, 0) is 6.54 Å². The van der Waals surface area contributed by atoms with Crippen LogP contribution < -0.4 is 10.1 Å². The molecule has 4 nitrogen and oxygen atoms in total. The molecular formula is C14H16BrN3O. The molecule has 5 heteroatoms. The molecule has 0 aliphatic heterocycles. The van der Waals surface area contributed by atoms with Gasteiger partial charge in [0.25, 0.3) is 0 Å². The second-order valence-electron chi connectivity index (χ2n) is 4.09. The van der Waals surface area contributed by atoms with Gasteiger partial charge in [-0.3, -0.25) is 4.98 Å². The smallest absolute Gasteiger partial charge is 0.223 e. The summed E-state index contributed by atoms with van der Waals surface area (Å²) in [6.45, 7) is 3.84. The van der Waals surface area contributed by atoms with Gasteiger partial charge in [0.2, 0.25) is 5.88 Å². The van der Waals surface area contributed by atoms with Crippen LogP contribution in [0.1, 0.15) is 18.9 Å². The van der Waals surface area contributed by atoms with Crippen LogP contribution in [-0.4, -0.2) is 16.5 Å². The summed E-state index contributed by atoms with van der Waals surface area (Å²) in [7, 11) is 0. The van der Waals surface area contributed by atoms with Gasteiger partial charge in [0.05, 0.1) is 6.20 Å². The molecule has 2 rings (SSSR count). The van der Waals surface area contributed by atoms with Gasteiger partial charge in [-0.05, 0) is 47.1 Å². The fraction of sp³-hybridized carbons (Fsp3) is 0.286. The van der Waals surface area contributed by atoms with Gasteiger partial charge in [-0.25, -0.2) is 4.98 Å².